The monoisotopic (exact) mass is 474 g/mol. The molecule has 0 unspecified atom stereocenters. The molecule has 0 radical (unpaired) electrons. The summed E-state index contributed by atoms with van der Waals surface area (Å²) in [5.41, 5.74) is 3.39. The topological polar surface area (TPSA) is 18.5 Å². The SMILES string of the molecule is CC=Cc1ccc(-c2ccc(COc3ccc(-c4ccc(OCC)c(F)c4)cc3)c(F)c2F)cc1. The Bertz CT molecular complexity index is 1330. The molecule has 0 aliphatic heterocycles. The van der Waals surface area contributed by atoms with Gasteiger partial charge in [-0.3, -0.25) is 0 Å². The fraction of sp³-hybridized carbons (Fsp3) is 0.133. The fourth-order valence-corrected chi connectivity index (χ4v) is 3.75. The first-order valence-electron chi connectivity index (χ1n) is 11.4. The van der Waals surface area contributed by atoms with Gasteiger partial charge in [0.25, 0.3) is 0 Å². The van der Waals surface area contributed by atoms with Gasteiger partial charge in [-0.05, 0) is 60.4 Å². The van der Waals surface area contributed by atoms with Crippen LogP contribution < -0.4 is 9.47 Å². The number of allylic oxidation sites excluding steroid dienone is 1. The summed E-state index contributed by atoms with van der Waals surface area (Å²) in [6.07, 6.45) is 3.85. The molecular weight excluding hydrogens is 449 g/mol. The second kappa shape index (κ2) is 11.0. The lowest BCUT2D eigenvalue weighted by Gasteiger charge is -2.11. The van der Waals surface area contributed by atoms with Crippen molar-refractivity contribution >= 4 is 6.08 Å². The van der Waals surface area contributed by atoms with Crippen molar-refractivity contribution in [1.82, 2.24) is 0 Å². The van der Waals surface area contributed by atoms with Crippen LogP contribution in [0.15, 0.2) is 84.9 Å². The van der Waals surface area contributed by atoms with E-state index in [2.05, 4.69) is 0 Å². The summed E-state index contributed by atoms with van der Waals surface area (Å²) in [4.78, 5) is 0. The minimum Gasteiger partial charge on any atom is -0.491 e. The quantitative estimate of drug-likeness (QED) is 0.255. The highest BCUT2D eigenvalue weighted by molar-refractivity contribution is 5.67. The average Bonchev–Trinajstić information content (AvgIpc) is 2.87. The summed E-state index contributed by atoms with van der Waals surface area (Å²) in [6.45, 7) is 3.98. The Kier molecular flexibility index (Phi) is 7.56. The molecule has 178 valence electrons. The van der Waals surface area contributed by atoms with Crippen molar-refractivity contribution in [2.45, 2.75) is 20.5 Å². The van der Waals surface area contributed by atoms with Gasteiger partial charge in [-0.25, -0.2) is 13.2 Å². The molecule has 0 atom stereocenters. The summed E-state index contributed by atoms with van der Waals surface area (Å²) in [7, 11) is 0. The molecule has 0 aliphatic rings. The van der Waals surface area contributed by atoms with E-state index in [1.165, 1.54) is 12.1 Å². The maximum atomic E-state index is 14.8. The predicted molar refractivity (Wildman–Crippen MR) is 134 cm³/mol. The Morgan fingerprint density at radius 1 is 0.714 bits per heavy atom. The van der Waals surface area contributed by atoms with Crippen molar-refractivity contribution in [1.29, 1.82) is 0 Å². The highest BCUT2D eigenvalue weighted by Crippen LogP contribution is 2.29. The van der Waals surface area contributed by atoms with Crippen LogP contribution in [0.25, 0.3) is 28.3 Å². The molecule has 0 N–H and O–H groups in total. The minimum absolute atomic E-state index is 0.120. The average molecular weight is 475 g/mol. The van der Waals surface area contributed by atoms with Crippen LogP contribution in [0.2, 0.25) is 0 Å². The van der Waals surface area contributed by atoms with Gasteiger partial charge in [-0.1, -0.05) is 66.7 Å². The van der Waals surface area contributed by atoms with E-state index in [-0.39, 0.29) is 23.5 Å². The van der Waals surface area contributed by atoms with Crippen LogP contribution in [0.3, 0.4) is 0 Å². The summed E-state index contributed by atoms with van der Waals surface area (Å²) in [5, 5.41) is 0. The van der Waals surface area contributed by atoms with Crippen LogP contribution in [0.1, 0.15) is 25.0 Å². The molecule has 0 amide bonds. The molecule has 5 heteroatoms. The van der Waals surface area contributed by atoms with E-state index in [0.717, 1.165) is 11.1 Å². The lowest BCUT2D eigenvalue weighted by Crippen LogP contribution is -2.02. The van der Waals surface area contributed by atoms with Gasteiger partial charge in [-0.15, -0.1) is 0 Å². The fourth-order valence-electron chi connectivity index (χ4n) is 3.75. The lowest BCUT2D eigenvalue weighted by atomic mass is 10.0. The Labute approximate surface area is 203 Å². The number of benzene rings is 4. The number of hydrogen-bond donors (Lipinski definition) is 0. The zero-order valence-electron chi connectivity index (χ0n) is 19.5. The van der Waals surface area contributed by atoms with E-state index in [1.807, 2.05) is 31.2 Å². The van der Waals surface area contributed by atoms with E-state index in [0.29, 0.717) is 23.5 Å². The molecule has 35 heavy (non-hydrogen) atoms. The molecule has 0 heterocycles. The number of ether oxygens (including phenoxy) is 2. The predicted octanol–water partition coefficient (Wildman–Crippen LogP) is 8.45. The highest BCUT2D eigenvalue weighted by atomic mass is 19.2. The Balaban J connectivity index is 1.45. The highest BCUT2D eigenvalue weighted by Gasteiger charge is 2.15. The van der Waals surface area contributed by atoms with E-state index < -0.39 is 17.5 Å². The van der Waals surface area contributed by atoms with Crippen molar-refractivity contribution in [2.24, 2.45) is 0 Å². The Morgan fingerprint density at radius 2 is 1.40 bits per heavy atom. The first-order chi connectivity index (χ1) is 17.0. The van der Waals surface area contributed by atoms with Crippen molar-refractivity contribution < 1.29 is 22.6 Å². The third-order valence-electron chi connectivity index (χ3n) is 5.56. The summed E-state index contributed by atoms with van der Waals surface area (Å²) < 4.78 is 54.6. The van der Waals surface area contributed by atoms with Crippen molar-refractivity contribution in [3.8, 4) is 33.8 Å². The van der Waals surface area contributed by atoms with Gasteiger partial charge in [0.2, 0.25) is 0 Å². The maximum Gasteiger partial charge on any atom is 0.167 e. The molecule has 0 saturated carbocycles. The van der Waals surface area contributed by atoms with Crippen LogP contribution in [0.4, 0.5) is 13.2 Å². The van der Waals surface area contributed by atoms with Crippen LogP contribution >= 0.6 is 0 Å². The van der Waals surface area contributed by atoms with Gasteiger partial charge in [0.15, 0.2) is 23.2 Å². The molecule has 0 saturated heterocycles. The zero-order chi connectivity index (χ0) is 24.8. The van der Waals surface area contributed by atoms with Gasteiger partial charge in [-0.2, -0.15) is 0 Å². The maximum absolute atomic E-state index is 14.8. The van der Waals surface area contributed by atoms with E-state index >= 15 is 0 Å². The van der Waals surface area contributed by atoms with Gasteiger partial charge >= 0.3 is 0 Å². The number of halogens is 3. The number of hydrogen-bond acceptors (Lipinski definition) is 2. The molecule has 0 fully saturated rings. The van der Waals surface area contributed by atoms with Crippen molar-refractivity contribution in [2.75, 3.05) is 6.61 Å². The molecule has 4 aromatic rings. The minimum atomic E-state index is -0.929. The Hall–Kier alpha value is -3.99. The van der Waals surface area contributed by atoms with Crippen LogP contribution in [-0.4, -0.2) is 6.61 Å². The summed E-state index contributed by atoms with van der Waals surface area (Å²) in [5.74, 6) is -1.57. The molecule has 0 spiro atoms. The molecule has 0 aliphatic carbocycles. The number of rotatable bonds is 8. The first kappa shape index (κ1) is 24.1. The van der Waals surface area contributed by atoms with E-state index in [4.69, 9.17) is 9.47 Å². The van der Waals surface area contributed by atoms with Crippen molar-refractivity contribution in [3.63, 3.8) is 0 Å². The molecule has 4 aromatic carbocycles. The third kappa shape index (κ3) is 5.57. The van der Waals surface area contributed by atoms with E-state index in [1.54, 1.807) is 61.5 Å². The first-order valence-corrected chi connectivity index (χ1v) is 11.4. The molecular formula is C30H25F3O2. The molecule has 0 aromatic heterocycles. The molecule has 4 rings (SSSR count). The van der Waals surface area contributed by atoms with Gasteiger partial charge in [0, 0.05) is 11.1 Å². The van der Waals surface area contributed by atoms with Gasteiger partial charge in [0.05, 0.1) is 6.61 Å². The molecule has 2 nitrogen and oxygen atoms in total. The standard InChI is InChI=1S/C30H25F3O2/c1-3-5-20-6-8-22(9-7-20)26-16-12-24(29(32)30(26)33)19-35-25-14-10-21(11-15-25)23-13-17-28(34-4-2)27(31)18-23/h3,5-18H,4,19H2,1-2H3. The normalized spacial score (nSPS) is 11.1. The summed E-state index contributed by atoms with van der Waals surface area (Å²) >= 11 is 0. The van der Waals surface area contributed by atoms with Crippen LogP contribution in [0.5, 0.6) is 11.5 Å². The van der Waals surface area contributed by atoms with Crippen LogP contribution in [0, 0.1) is 17.5 Å². The van der Waals surface area contributed by atoms with Gasteiger partial charge < -0.3 is 9.47 Å². The van der Waals surface area contributed by atoms with Gasteiger partial charge in [0.1, 0.15) is 12.4 Å². The smallest absolute Gasteiger partial charge is 0.167 e. The largest absolute Gasteiger partial charge is 0.491 e. The van der Waals surface area contributed by atoms with E-state index in [9.17, 15) is 13.2 Å². The third-order valence-corrected chi connectivity index (χ3v) is 5.56. The lowest BCUT2D eigenvalue weighted by molar-refractivity contribution is 0.297. The van der Waals surface area contributed by atoms with Crippen LogP contribution in [-0.2, 0) is 6.61 Å². The van der Waals surface area contributed by atoms with Crippen molar-refractivity contribution in [3.05, 3.63) is 114 Å². The second-order valence-corrected chi connectivity index (χ2v) is 7.91. The second-order valence-electron chi connectivity index (χ2n) is 7.91. The summed E-state index contributed by atoms with van der Waals surface area (Å²) in [6, 6.07) is 22.1. The molecule has 0 bridgehead atoms. The Morgan fingerprint density at radius 3 is 2.06 bits per heavy atom. The zero-order valence-corrected chi connectivity index (χ0v) is 19.5.